The Morgan fingerprint density at radius 1 is 1.18 bits per heavy atom. The van der Waals surface area contributed by atoms with Gasteiger partial charge in [-0.3, -0.25) is 0 Å². The number of thioether (sulfide) groups is 1. The number of hydrogen-bond acceptors (Lipinski definition) is 4. The summed E-state index contributed by atoms with van der Waals surface area (Å²) in [6, 6.07) is 10.9. The summed E-state index contributed by atoms with van der Waals surface area (Å²) in [4.78, 5) is 0. The first-order valence-electron chi connectivity index (χ1n) is 9.48. The topological polar surface area (TPSA) is 30.5 Å². The van der Waals surface area contributed by atoms with Crippen LogP contribution >= 0.6 is 27.7 Å². The van der Waals surface area contributed by atoms with E-state index in [1.54, 1.807) is 20.3 Å². The molecule has 0 saturated heterocycles. The number of halogens is 2. The molecule has 1 fully saturated rings. The van der Waals surface area contributed by atoms with Crippen molar-refractivity contribution in [3.8, 4) is 11.5 Å². The van der Waals surface area contributed by atoms with Crippen molar-refractivity contribution in [2.45, 2.75) is 43.5 Å². The molecule has 0 bridgehead atoms. The highest BCUT2D eigenvalue weighted by Gasteiger charge is 2.32. The van der Waals surface area contributed by atoms with E-state index in [0.717, 1.165) is 27.3 Å². The van der Waals surface area contributed by atoms with Crippen molar-refractivity contribution in [1.82, 2.24) is 5.32 Å². The molecule has 1 saturated carbocycles. The van der Waals surface area contributed by atoms with Gasteiger partial charge in [-0.1, -0.05) is 28.4 Å². The van der Waals surface area contributed by atoms with Gasteiger partial charge < -0.3 is 14.8 Å². The van der Waals surface area contributed by atoms with Crippen LogP contribution in [0.5, 0.6) is 11.5 Å². The average molecular weight is 468 g/mol. The molecule has 0 aliphatic heterocycles. The number of ether oxygens (including phenoxy) is 2. The first-order valence-corrected chi connectivity index (χ1v) is 11.3. The van der Waals surface area contributed by atoms with Crippen LogP contribution in [0.25, 0.3) is 0 Å². The lowest BCUT2D eigenvalue weighted by Gasteiger charge is -2.35. The van der Waals surface area contributed by atoms with Crippen LogP contribution in [0.15, 0.2) is 40.9 Å². The summed E-state index contributed by atoms with van der Waals surface area (Å²) in [5.41, 5.74) is 1.19. The Morgan fingerprint density at radius 2 is 1.96 bits per heavy atom. The smallest absolute Gasteiger partial charge is 0.128 e. The van der Waals surface area contributed by atoms with E-state index in [1.807, 2.05) is 36.0 Å². The highest BCUT2D eigenvalue weighted by molar-refractivity contribution is 9.10. The molecular formula is C22H27BrFNO2S. The molecule has 2 aromatic rings. The van der Waals surface area contributed by atoms with Gasteiger partial charge >= 0.3 is 0 Å². The molecule has 1 aliphatic rings. The highest BCUT2D eigenvalue weighted by atomic mass is 79.9. The van der Waals surface area contributed by atoms with Crippen LogP contribution < -0.4 is 14.8 Å². The van der Waals surface area contributed by atoms with E-state index in [1.165, 1.54) is 25.3 Å². The Morgan fingerprint density at radius 3 is 2.61 bits per heavy atom. The standard InChI is InChI=1S/C22H27BrFNO2S/c1-22(14-28-18-5-4-6-18,19-11-16(23)8-10-20(19)24)25-13-15-7-9-17(26-2)12-21(15)27-3/h7-12,18,25H,4-6,13-14H2,1-3H3/t22-/m0/s1. The molecule has 1 aliphatic carbocycles. The summed E-state index contributed by atoms with van der Waals surface area (Å²) in [5.74, 6) is 2.13. The minimum absolute atomic E-state index is 0.186. The Balaban J connectivity index is 1.83. The lowest BCUT2D eigenvalue weighted by Crippen LogP contribution is -2.43. The second-order valence-corrected chi connectivity index (χ2v) is 9.56. The minimum atomic E-state index is -0.501. The lowest BCUT2D eigenvalue weighted by atomic mass is 9.93. The Bertz CT molecular complexity index is 815. The Hall–Kier alpha value is -1.24. The first-order chi connectivity index (χ1) is 13.4. The SMILES string of the molecule is COc1ccc(CN[C@@](C)(CSC2CCC2)c2cc(Br)ccc2F)c(OC)c1. The van der Waals surface area contributed by atoms with Gasteiger partial charge in [-0.2, -0.15) is 11.8 Å². The molecule has 3 nitrogen and oxygen atoms in total. The number of benzene rings is 2. The van der Waals surface area contributed by atoms with Crippen molar-refractivity contribution in [3.63, 3.8) is 0 Å². The predicted octanol–water partition coefficient (Wildman–Crippen LogP) is 5.90. The highest BCUT2D eigenvalue weighted by Crippen LogP contribution is 2.37. The van der Waals surface area contributed by atoms with Crippen LogP contribution in [0.2, 0.25) is 0 Å². The number of rotatable bonds is 9. The van der Waals surface area contributed by atoms with Crippen LogP contribution in [0, 0.1) is 5.82 Å². The second kappa shape index (κ2) is 9.51. The van der Waals surface area contributed by atoms with E-state index < -0.39 is 5.54 Å². The second-order valence-electron chi connectivity index (χ2n) is 7.35. The molecule has 3 rings (SSSR count). The normalized spacial score (nSPS) is 16.3. The minimum Gasteiger partial charge on any atom is -0.497 e. The van der Waals surface area contributed by atoms with Gasteiger partial charge in [0.1, 0.15) is 17.3 Å². The summed E-state index contributed by atoms with van der Waals surface area (Å²) in [5, 5.41) is 4.30. The molecule has 1 N–H and O–H groups in total. The van der Waals surface area contributed by atoms with Gasteiger partial charge in [0.15, 0.2) is 0 Å². The van der Waals surface area contributed by atoms with Crippen molar-refractivity contribution >= 4 is 27.7 Å². The van der Waals surface area contributed by atoms with Gasteiger partial charge in [-0.25, -0.2) is 4.39 Å². The molecule has 152 valence electrons. The van der Waals surface area contributed by atoms with E-state index in [9.17, 15) is 4.39 Å². The van der Waals surface area contributed by atoms with Gasteiger partial charge in [-0.15, -0.1) is 0 Å². The molecule has 0 spiro atoms. The third-order valence-electron chi connectivity index (χ3n) is 5.35. The summed E-state index contributed by atoms with van der Waals surface area (Å²) in [6.45, 7) is 2.65. The molecule has 0 amide bonds. The Kier molecular flexibility index (Phi) is 7.29. The monoisotopic (exact) mass is 467 g/mol. The molecule has 2 aromatic carbocycles. The van der Waals surface area contributed by atoms with Gasteiger partial charge in [0.2, 0.25) is 0 Å². The van der Waals surface area contributed by atoms with E-state index in [4.69, 9.17) is 9.47 Å². The van der Waals surface area contributed by atoms with Crippen LogP contribution in [-0.2, 0) is 12.1 Å². The third-order valence-corrected chi connectivity index (χ3v) is 7.53. The fourth-order valence-corrected chi connectivity index (χ4v) is 5.11. The van der Waals surface area contributed by atoms with E-state index >= 15 is 0 Å². The van der Waals surface area contributed by atoms with Crippen molar-refractivity contribution in [2.75, 3.05) is 20.0 Å². The summed E-state index contributed by atoms with van der Waals surface area (Å²) in [7, 11) is 3.29. The molecule has 28 heavy (non-hydrogen) atoms. The van der Waals surface area contributed by atoms with E-state index in [2.05, 4.69) is 28.2 Å². The van der Waals surface area contributed by atoms with Gasteiger partial charge in [0.05, 0.1) is 19.8 Å². The summed E-state index contributed by atoms with van der Waals surface area (Å²) in [6.07, 6.45) is 3.82. The quantitative estimate of drug-likeness (QED) is 0.497. The van der Waals surface area contributed by atoms with Crippen molar-refractivity contribution in [3.05, 3.63) is 57.8 Å². The van der Waals surface area contributed by atoms with Crippen molar-refractivity contribution in [2.24, 2.45) is 0 Å². The van der Waals surface area contributed by atoms with Gasteiger partial charge in [-0.05, 0) is 44.0 Å². The number of nitrogens with one attached hydrogen (secondary N) is 1. The molecule has 6 heteroatoms. The van der Waals surface area contributed by atoms with E-state index in [0.29, 0.717) is 17.4 Å². The summed E-state index contributed by atoms with van der Waals surface area (Å²) >= 11 is 5.43. The zero-order chi connectivity index (χ0) is 20.1. The lowest BCUT2D eigenvalue weighted by molar-refractivity contribution is 0.370. The van der Waals surface area contributed by atoms with Crippen molar-refractivity contribution < 1.29 is 13.9 Å². The molecular weight excluding hydrogens is 441 g/mol. The zero-order valence-corrected chi connectivity index (χ0v) is 19.0. The maximum atomic E-state index is 14.7. The van der Waals surface area contributed by atoms with Crippen molar-refractivity contribution in [1.29, 1.82) is 0 Å². The number of methoxy groups -OCH3 is 2. The van der Waals surface area contributed by atoms with E-state index in [-0.39, 0.29) is 5.82 Å². The molecule has 0 aromatic heterocycles. The fraction of sp³-hybridized carbons (Fsp3) is 0.455. The van der Waals surface area contributed by atoms with Gasteiger partial charge in [0, 0.05) is 39.2 Å². The van der Waals surface area contributed by atoms with Crippen LogP contribution in [-0.4, -0.2) is 25.2 Å². The maximum absolute atomic E-state index is 14.7. The largest absolute Gasteiger partial charge is 0.497 e. The summed E-state index contributed by atoms with van der Waals surface area (Å²) < 4.78 is 26.4. The zero-order valence-electron chi connectivity index (χ0n) is 16.6. The van der Waals surface area contributed by atoms with Crippen LogP contribution in [0.3, 0.4) is 0 Å². The molecule has 1 atom stereocenters. The number of hydrogen-bond donors (Lipinski definition) is 1. The van der Waals surface area contributed by atoms with Crippen LogP contribution in [0.4, 0.5) is 4.39 Å². The fourth-order valence-electron chi connectivity index (χ4n) is 3.25. The van der Waals surface area contributed by atoms with Gasteiger partial charge in [0.25, 0.3) is 0 Å². The molecule has 0 heterocycles. The Labute approximate surface area is 179 Å². The molecule has 0 radical (unpaired) electrons. The third kappa shape index (κ3) is 5.02. The first kappa shape index (κ1) is 21.5. The van der Waals surface area contributed by atoms with Crippen LogP contribution in [0.1, 0.15) is 37.3 Å². The molecule has 0 unspecified atom stereocenters. The maximum Gasteiger partial charge on any atom is 0.128 e. The average Bonchev–Trinajstić information content (AvgIpc) is 2.66. The predicted molar refractivity (Wildman–Crippen MR) is 118 cm³/mol.